The van der Waals surface area contributed by atoms with Gasteiger partial charge in [0.25, 0.3) is 5.91 Å². The smallest absolute Gasteiger partial charge is 0.269 e. The molecule has 2 aromatic rings. The van der Waals surface area contributed by atoms with E-state index in [-0.39, 0.29) is 24.5 Å². The molecule has 0 fully saturated rings. The van der Waals surface area contributed by atoms with E-state index in [1.165, 1.54) is 0 Å². The number of benzene rings is 1. The van der Waals surface area contributed by atoms with Gasteiger partial charge in [-0.2, -0.15) is 5.10 Å². The van der Waals surface area contributed by atoms with Crippen LogP contribution in [0.1, 0.15) is 41.9 Å². The molecular formula is C19H25N3O4. The number of hydrogen-bond donors (Lipinski definition) is 3. The van der Waals surface area contributed by atoms with Crippen LogP contribution < -0.4 is 14.8 Å². The quantitative estimate of drug-likeness (QED) is 0.600. The summed E-state index contributed by atoms with van der Waals surface area (Å²) in [6.45, 7) is 3.95. The Morgan fingerprint density at radius 1 is 1.35 bits per heavy atom. The maximum Gasteiger partial charge on any atom is 0.269 e. The minimum atomic E-state index is -0.282. The molecule has 1 amide bonds. The normalized spacial score (nSPS) is 14.3. The molecule has 3 N–H and O–H groups in total. The third kappa shape index (κ3) is 3.03. The highest BCUT2D eigenvalue weighted by Gasteiger charge is 2.30. The molecule has 140 valence electrons. The van der Waals surface area contributed by atoms with Crippen molar-refractivity contribution in [3.8, 4) is 22.8 Å². The fraction of sp³-hybridized carbons (Fsp3) is 0.474. The molecule has 1 heterocycles. The number of ether oxygens (including phenoxy) is 2. The standard InChI is InChI=1S/C19H25N3O4/c1-5-10(2)14(9-23)20-19(24)18-13-6-11-7-15(25-3)16(26-4)8-12(11)17(13)21-22-18/h7-8,10,14,23H,5-6,9H2,1-4H3,(H,20,24)(H,21,22)/t10-,14+/m0/s1. The van der Waals surface area contributed by atoms with E-state index in [0.717, 1.165) is 28.8 Å². The Morgan fingerprint density at radius 3 is 2.65 bits per heavy atom. The molecule has 0 radical (unpaired) electrons. The topological polar surface area (TPSA) is 96.5 Å². The largest absolute Gasteiger partial charge is 0.493 e. The van der Waals surface area contributed by atoms with Crippen molar-refractivity contribution in [2.75, 3.05) is 20.8 Å². The van der Waals surface area contributed by atoms with E-state index in [9.17, 15) is 9.90 Å². The molecule has 0 unspecified atom stereocenters. The molecule has 0 saturated carbocycles. The van der Waals surface area contributed by atoms with Crippen molar-refractivity contribution in [1.29, 1.82) is 0 Å². The molecule has 0 spiro atoms. The Hall–Kier alpha value is -2.54. The average Bonchev–Trinajstić information content (AvgIpc) is 3.22. The predicted molar refractivity (Wildman–Crippen MR) is 97.7 cm³/mol. The summed E-state index contributed by atoms with van der Waals surface area (Å²) in [6, 6.07) is 3.53. The Bertz CT molecular complexity index is 815. The van der Waals surface area contributed by atoms with Crippen molar-refractivity contribution < 1.29 is 19.4 Å². The van der Waals surface area contributed by atoms with Gasteiger partial charge in [-0.3, -0.25) is 9.89 Å². The number of H-pyrrole nitrogens is 1. The van der Waals surface area contributed by atoms with E-state index >= 15 is 0 Å². The van der Waals surface area contributed by atoms with E-state index in [1.54, 1.807) is 14.2 Å². The summed E-state index contributed by atoms with van der Waals surface area (Å²) in [4.78, 5) is 12.7. The van der Waals surface area contributed by atoms with Crippen LogP contribution in [0.5, 0.6) is 11.5 Å². The minimum Gasteiger partial charge on any atom is -0.493 e. The third-order valence-electron chi connectivity index (χ3n) is 5.17. The maximum atomic E-state index is 12.7. The van der Waals surface area contributed by atoms with Gasteiger partial charge in [0.1, 0.15) is 5.69 Å². The molecule has 1 aromatic heterocycles. The van der Waals surface area contributed by atoms with Crippen LogP contribution >= 0.6 is 0 Å². The lowest BCUT2D eigenvalue weighted by Gasteiger charge is -2.21. The van der Waals surface area contributed by atoms with Crippen molar-refractivity contribution in [3.05, 3.63) is 29.0 Å². The number of nitrogens with zero attached hydrogens (tertiary/aromatic N) is 1. The van der Waals surface area contributed by atoms with E-state index < -0.39 is 0 Å². The Kier molecular flexibility index (Phi) is 5.18. The predicted octanol–water partition coefficient (Wildman–Crippen LogP) is 2.13. The Balaban J connectivity index is 1.89. The van der Waals surface area contributed by atoms with E-state index in [2.05, 4.69) is 15.5 Å². The zero-order chi connectivity index (χ0) is 18.8. The number of aromatic nitrogens is 2. The highest BCUT2D eigenvalue weighted by atomic mass is 16.5. The van der Waals surface area contributed by atoms with Gasteiger partial charge >= 0.3 is 0 Å². The number of nitrogens with one attached hydrogen (secondary N) is 2. The summed E-state index contributed by atoms with van der Waals surface area (Å²) in [6.07, 6.45) is 1.47. The fourth-order valence-electron chi connectivity index (χ4n) is 3.32. The highest BCUT2D eigenvalue weighted by Crippen LogP contribution is 2.42. The number of aliphatic hydroxyl groups excluding tert-OH is 1. The summed E-state index contributed by atoms with van der Waals surface area (Å²) < 4.78 is 10.7. The molecule has 7 nitrogen and oxygen atoms in total. The number of amides is 1. The zero-order valence-corrected chi connectivity index (χ0v) is 15.5. The first-order chi connectivity index (χ1) is 12.5. The van der Waals surface area contributed by atoms with Crippen molar-refractivity contribution in [3.63, 3.8) is 0 Å². The molecular weight excluding hydrogens is 334 g/mol. The van der Waals surface area contributed by atoms with Crippen molar-refractivity contribution in [2.24, 2.45) is 5.92 Å². The number of carbonyl (C=O) groups excluding carboxylic acids is 1. The van der Waals surface area contributed by atoms with Gasteiger partial charge in [-0.05, 0) is 23.6 Å². The van der Waals surface area contributed by atoms with E-state index in [0.29, 0.717) is 23.6 Å². The van der Waals surface area contributed by atoms with Crippen LogP contribution in [0, 0.1) is 5.92 Å². The second-order valence-corrected chi connectivity index (χ2v) is 6.61. The average molecular weight is 359 g/mol. The molecule has 26 heavy (non-hydrogen) atoms. The molecule has 1 aliphatic carbocycles. The van der Waals surface area contributed by atoms with Crippen LogP contribution in [-0.2, 0) is 6.42 Å². The van der Waals surface area contributed by atoms with Crippen LogP contribution in [-0.4, -0.2) is 48.1 Å². The molecule has 3 rings (SSSR count). The number of rotatable bonds is 7. The first kappa shape index (κ1) is 18.3. The molecule has 0 bridgehead atoms. The second-order valence-electron chi connectivity index (χ2n) is 6.61. The van der Waals surface area contributed by atoms with Gasteiger partial charge in [0.2, 0.25) is 0 Å². The number of hydrogen-bond acceptors (Lipinski definition) is 5. The van der Waals surface area contributed by atoms with Gasteiger partial charge < -0.3 is 19.9 Å². The lowest BCUT2D eigenvalue weighted by Crippen LogP contribution is -2.42. The lowest BCUT2D eigenvalue weighted by molar-refractivity contribution is 0.0885. The van der Waals surface area contributed by atoms with E-state index in [1.807, 2.05) is 26.0 Å². The minimum absolute atomic E-state index is 0.0916. The van der Waals surface area contributed by atoms with Gasteiger partial charge in [0, 0.05) is 17.5 Å². The van der Waals surface area contributed by atoms with Crippen LogP contribution in [0.25, 0.3) is 11.3 Å². The summed E-state index contributed by atoms with van der Waals surface area (Å²) in [5, 5.41) is 19.7. The highest BCUT2D eigenvalue weighted by molar-refractivity contribution is 5.97. The number of fused-ring (bicyclic) bond motifs is 3. The van der Waals surface area contributed by atoms with Gasteiger partial charge in [-0.25, -0.2) is 0 Å². The number of methoxy groups -OCH3 is 2. The van der Waals surface area contributed by atoms with Crippen LogP contribution in [0.2, 0.25) is 0 Å². The number of carbonyl (C=O) groups is 1. The zero-order valence-electron chi connectivity index (χ0n) is 15.5. The molecule has 1 aromatic carbocycles. The maximum absolute atomic E-state index is 12.7. The van der Waals surface area contributed by atoms with Crippen molar-refractivity contribution in [2.45, 2.75) is 32.7 Å². The fourth-order valence-corrected chi connectivity index (χ4v) is 3.32. The van der Waals surface area contributed by atoms with Crippen LogP contribution in [0.15, 0.2) is 12.1 Å². The van der Waals surface area contributed by atoms with E-state index in [4.69, 9.17) is 9.47 Å². The second kappa shape index (κ2) is 7.37. The van der Waals surface area contributed by atoms with Crippen molar-refractivity contribution in [1.82, 2.24) is 15.5 Å². The number of aromatic amines is 1. The van der Waals surface area contributed by atoms with Gasteiger partial charge in [0.15, 0.2) is 11.5 Å². The molecule has 2 atom stereocenters. The molecule has 7 heteroatoms. The van der Waals surface area contributed by atoms with Gasteiger partial charge in [0.05, 0.1) is 32.6 Å². The first-order valence-corrected chi connectivity index (χ1v) is 8.78. The summed E-state index contributed by atoms with van der Waals surface area (Å²) >= 11 is 0. The van der Waals surface area contributed by atoms with Gasteiger partial charge in [-0.15, -0.1) is 0 Å². The van der Waals surface area contributed by atoms with Gasteiger partial charge in [-0.1, -0.05) is 20.3 Å². The molecule has 0 saturated heterocycles. The molecule has 1 aliphatic rings. The SMILES string of the molecule is CC[C@H](C)[C@@H](CO)NC(=O)c1[nH]nc2c1Cc1cc(OC)c(OC)cc1-2. The first-order valence-electron chi connectivity index (χ1n) is 8.78. The van der Waals surface area contributed by atoms with Crippen molar-refractivity contribution >= 4 is 5.91 Å². The number of aliphatic hydroxyl groups is 1. The Labute approximate surface area is 152 Å². The van der Waals surface area contributed by atoms with Crippen LogP contribution in [0.3, 0.4) is 0 Å². The van der Waals surface area contributed by atoms with Crippen LogP contribution in [0.4, 0.5) is 0 Å². The summed E-state index contributed by atoms with van der Waals surface area (Å²) in [7, 11) is 3.19. The summed E-state index contributed by atoms with van der Waals surface area (Å²) in [5.41, 5.74) is 4.04. The lowest BCUT2D eigenvalue weighted by atomic mass is 9.99. The third-order valence-corrected chi connectivity index (χ3v) is 5.17. The Morgan fingerprint density at radius 2 is 2.04 bits per heavy atom. The monoisotopic (exact) mass is 359 g/mol. The summed E-state index contributed by atoms with van der Waals surface area (Å²) in [5.74, 6) is 1.23. The molecule has 0 aliphatic heterocycles.